The van der Waals surface area contributed by atoms with E-state index in [1.54, 1.807) is 0 Å². The maximum atomic E-state index is 12.1. The van der Waals surface area contributed by atoms with Crippen LogP contribution in [0.15, 0.2) is 10.3 Å². The van der Waals surface area contributed by atoms with Gasteiger partial charge in [0.25, 0.3) is 0 Å². The van der Waals surface area contributed by atoms with E-state index in [0.29, 0.717) is 17.9 Å². The van der Waals surface area contributed by atoms with Crippen molar-refractivity contribution in [3.05, 3.63) is 16.2 Å². The molecule has 1 unspecified atom stereocenters. The Kier molecular flexibility index (Phi) is 5.11. The number of ether oxygens (including phenoxy) is 1. The number of hydrogen-bond donors (Lipinski definition) is 3. The number of anilines is 1. The van der Waals surface area contributed by atoms with Crippen LogP contribution in [0.5, 0.6) is 0 Å². The topological polar surface area (TPSA) is 137 Å². The van der Waals surface area contributed by atoms with Crippen molar-refractivity contribution in [1.29, 1.82) is 0 Å². The van der Waals surface area contributed by atoms with Crippen LogP contribution in [0.3, 0.4) is 0 Å². The van der Waals surface area contributed by atoms with Gasteiger partial charge in [-0.15, -0.1) is 0 Å². The Morgan fingerprint density at radius 3 is 2.81 bits per heavy atom. The van der Waals surface area contributed by atoms with E-state index in [2.05, 4.69) is 10.1 Å². The molecule has 21 heavy (non-hydrogen) atoms. The van der Waals surface area contributed by atoms with Gasteiger partial charge < -0.3 is 10.2 Å². The van der Waals surface area contributed by atoms with E-state index >= 15 is 0 Å². The molecule has 0 amide bonds. The van der Waals surface area contributed by atoms with Crippen molar-refractivity contribution in [3.63, 3.8) is 0 Å². The number of hydrazine groups is 1. The van der Waals surface area contributed by atoms with Crippen LogP contribution in [0.1, 0.15) is 19.3 Å². The van der Waals surface area contributed by atoms with Crippen molar-refractivity contribution < 1.29 is 18.1 Å². The number of sulfonamides is 1. The minimum Gasteiger partial charge on any atom is -0.377 e. The first-order valence-corrected chi connectivity index (χ1v) is 8.60. The molecule has 1 saturated heterocycles. The molecule has 11 heteroatoms. The third kappa shape index (κ3) is 3.89. The molecule has 0 aliphatic carbocycles. The zero-order chi connectivity index (χ0) is 15.5. The molecule has 4 N–H and O–H groups in total. The molecule has 9 nitrogen and oxygen atoms in total. The van der Waals surface area contributed by atoms with Gasteiger partial charge in [0, 0.05) is 19.2 Å². The zero-order valence-corrected chi connectivity index (χ0v) is 12.7. The molecule has 2 heterocycles. The van der Waals surface area contributed by atoms with Crippen LogP contribution in [0, 0.1) is 10.1 Å². The summed E-state index contributed by atoms with van der Waals surface area (Å²) >= 11 is 0.712. The van der Waals surface area contributed by atoms with Crippen molar-refractivity contribution >= 4 is 32.0 Å². The lowest BCUT2D eigenvalue weighted by Gasteiger charge is -2.22. The fourth-order valence-electron chi connectivity index (χ4n) is 1.97. The Hall–Kier alpha value is -1.27. The van der Waals surface area contributed by atoms with Crippen molar-refractivity contribution in [2.45, 2.75) is 29.6 Å². The van der Waals surface area contributed by atoms with Gasteiger partial charge in [0.1, 0.15) is 4.21 Å². The molecule has 1 aromatic heterocycles. The summed E-state index contributed by atoms with van der Waals surface area (Å²) in [6.07, 6.45) is 2.61. The third-order valence-electron chi connectivity index (χ3n) is 3.06. The minimum absolute atomic E-state index is 0.00529. The molecule has 0 spiro atoms. The zero-order valence-electron chi connectivity index (χ0n) is 11.1. The number of nitro groups is 1. The van der Waals surface area contributed by atoms with E-state index in [1.807, 2.05) is 0 Å². The lowest BCUT2D eigenvalue weighted by Crippen LogP contribution is -2.35. The van der Waals surface area contributed by atoms with Crippen LogP contribution in [-0.2, 0) is 14.8 Å². The molecule has 0 radical (unpaired) electrons. The summed E-state index contributed by atoms with van der Waals surface area (Å²) in [6.45, 7) is 0.775. The first kappa shape index (κ1) is 16.1. The Balaban J connectivity index is 2.09. The Bertz CT molecular complexity index is 609. The highest BCUT2D eigenvalue weighted by Gasteiger charge is 2.26. The summed E-state index contributed by atoms with van der Waals surface area (Å²) in [5.41, 5.74) is 1.77. The molecule has 1 aromatic rings. The van der Waals surface area contributed by atoms with Crippen LogP contribution in [0.2, 0.25) is 0 Å². The summed E-state index contributed by atoms with van der Waals surface area (Å²) in [5.74, 6) is 5.16. The minimum atomic E-state index is -3.82. The quantitative estimate of drug-likeness (QED) is 0.397. The maximum absolute atomic E-state index is 12.1. The van der Waals surface area contributed by atoms with Gasteiger partial charge in [-0.05, 0) is 19.3 Å². The predicted octanol–water partition coefficient (Wildman–Crippen LogP) is 0.789. The molecular weight excluding hydrogens is 320 g/mol. The number of nitrogens with zero attached hydrogens (tertiary/aromatic N) is 1. The van der Waals surface area contributed by atoms with Gasteiger partial charge in [-0.1, -0.05) is 11.3 Å². The number of nitrogens with two attached hydrogens (primary N) is 1. The lowest BCUT2D eigenvalue weighted by atomic mass is 10.1. The van der Waals surface area contributed by atoms with Crippen LogP contribution >= 0.6 is 11.3 Å². The Morgan fingerprint density at radius 2 is 2.29 bits per heavy atom. The second kappa shape index (κ2) is 6.66. The van der Waals surface area contributed by atoms with Crippen molar-refractivity contribution in [1.82, 2.24) is 4.72 Å². The van der Waals surface area contributed by atoms with E-state index in [4.69, 9.17) is 10.6 Å². The molecule has 118 valence electrons. The molecular formula is C10H16N4O5S2. The molecule has 1 atom stereocenters. The number of rotatable bonds is 6. The van der Waals surface area contributed by atoms with E-state index in [-0.39, 0.29) is 27.5 Å². The molecule has 1 aliphatic rings. The van der Waals surface area contributed by atoms with Crippen LogP contribution in [0.25, 0.3) is 0 Å². The SMILES string of the molecule is NNc1sc(S(=O)(=O)NCC2CCCCO2)cc1[N+](=O)[O-]. The highest BCUT2D eigenvalue weighted by atomic mass is 32.2. The summed E-state index contributed by atoms with van der Waals surface area (Å²) in [4.78, 5) is 10.1. The fourth-order valence-corrected chi connectivity index (χ4v) is 4.32. The molecule has 1 aliphatic heterocycles. The van der Waals surface area contributed by atoms with Gasteiger partial charge in [0.05, 0.1) is 11.0 Å². The monoisotopic (exact) mass is 336 g/mol. The van der Waals surface area contributed by atoms with Crippen molar-refractivity contribution in [3.8, 4) is 0 Å². The number of thiophene rings is 1. The second-order valence-electron chi connectivity index (χ2n) is 4.52. The normalized spacial score (nSPS) is 19.4. The maximum Gasteiger partial charge on any atom is 0.306 e. The largest absolute Gasteiger partial charge is 0.377 e. The van der Waals surface area contributed by atoms with E-state index in [0.717, 1.165) is 25.3 Å². The highest BCUT2D eigenvalue weighted by Crippen LogP contribution is 2.36. The van der Waals surface area contributed by atoms with E-state index in [9.17, 15) is 18.5 Å². The average molecular weight is 336 g/mol. The van der Waals surface area contributed by atoms with Gasteiger partial charge in [-0.3, -0.25) is 10.1 Å². The van der Waals surface area contributed by atoms with E-state index in [1.165, 1.54) is 0 Å². The number of nitrogens with one attached hydrogen (secondary N) is 2. The highest BCUT2D eigenvalue weighted by molar-refractivity contribution is 7.91. The molecule has 1 fully saturated rings. The third-order valence-corrected chi connectivity index (χ3v) is 6.01. The molecule has 0 bridgehead atoms. The van der Waals surface area contributed by atoms with Gasteiger partial charge >= 0.3 is 5.69 Å². The Morgan fingerprint density at radius 1 is 1.52 bits per heavy atom. The van der Waals surface area contributed by atoms with Crippen molar-refractivity contribution in [2.75, 3.05) is 18.6 Å². The number of hydrogen-bond acceptors (Lipinski definition) is 8. The average Bonchev–Trinajstić information content (AvgIpc) is 2.92. The second-order valence-corrected chi connectivity index (χ2v) is 7.57. The first-order chi connectivity index (χ1) is 9.94. The lowest BCUT2D eigenvalue weighted by molar-refractivity contribution is -0.383. The van der Waals surface area contributed by atoms with E-state index < -0.39 is 14.9 Å². The Labute approximate surface area is 125 Å². The summed E-state index contributed by atoms with van der Waals surface area (Å²) in [5, 5.41) is 10.8. The van der Waals surface area contributed by atoms with Gasteiger partial charge in [0.15, 0.2) is 5.00 Å². The summed E-state index contributed by atoms with van der Waals surface area (Å²) in [6, 6.07) is 0.990. The fraction of sp³-hybridized carbons (Fsp3) is 0.600. The number of nitrogen functional groups attached to an aromatic ring is 1. The van der Waals surface area contributed by atoms with Crippen LogP contribution in [-0.4, -0.2) is 32.6 Å². The van der Waals surface area contributed by atoms with Gasteiger partial charge in [0.2, 0.25) is 10.0 Å². The summed E-state index contributed by atoms with van der Waals surface area (Å²) < 4.78 is 32.0. The van der Waals surface area contributed by atoms with Crippen LogP contribution in [0.4, 0.5) is 10.7 Å². The standard InChI is InChI=1S/C10H16N4O5S2/c11-13-10-8(14(15)16)5-9(20-10)21(17,18)12-6-7-3-1-2-4-19-7/h5,7,12-13H,1-4,6,11H2. The molecule has 0 saturated carbocycles. The van der Waals surface area contributed by atoms with Crippen LogP contribution < -0.4 is 16.0 Å². The summed E-state index contributed by atoms with van der Waals surface area (Å²) in [7, 11) is -3.82. The molecule has 0 aromatic carbocycles. The van der Waals surface area contributed by atoms with Gasteiger partial charge in [-0.25, -0.2) is 19.0 Å². The van der Waals surface area contributed by atoms with Gasteiger partial charge in [-0.2, -0.15) is 0 Å². The molecule has 2 rings (SSSR count). The van der Waals surface area contributed by atoms with Crippen molar-refractivity contribution in [2.24, 2.45) is 5.84 Å². The smallest absolute Gasteiger partial charge is 0.306 e. The first-order valence-electron chi connectivity index (χ1n) is 6.30. The predicted molar refractivity (Wildman–Crippen MR) is 77.6 cm³/mol.